The van der Waals surface area contributed by atoms with E-state index in [1.807, 2.05) is 0 Å². The van der Waals surface area contributed by atoms with Gasteiger partial charge < -0.3 is 5.32 Å². The van der Waals surface area contributed by atoms with Crippen LogP contribution < -0.4 is 5.32 Å². The minimum atomic E-state index is 0.442. The Morgan fingerprint density at radius 1 is 1.10 bits per heavy atom. The van der Waals surface area contributed by atoms with Gasteiger partial charge in [-0.2, -0.15) is 0 Å². The highest BCUT2D eigenvalue weighted by Crippen LogP contribution is 2.39. The Morgan fingerprint density at radius 2 is 1.70 bits per heavy atom. The molecule has 0 aromatic rings. The molecule has 0 bridgehead atoms. The third kappa shape index (κ3) is 4.73. The van der Waals surface area contributed by atoms with E-state index >= 15 is 0 Å². The van der Waals surface area contributed by atoms with E-state index in [1.165, 1.54) is 25.8 Å². The molecule has 2 nitrogen and oxygen atoms in total. The molecule has 2 heteroatoms. The molecule has 120 valence electrons. The van der Waals surface area contributed by atoms with Gasteiger partial charge in [0, 0.05) is 24.7 Å². The summed E-state index contributed by atoms with van der Waals surface area (Å²) in [5.74, 6) is 1.59. The highest BCUT2D eigenvalue weighted by Gasteiger charge is 2.38. The number of likely N-dealkylation sites (N-methyl/N-ethyl adjacent to an activating group) is 1. The lowest BCUT2D eigenvalue weighted by Gasteiger charge is -2.48. The lowest BCUT2D eigenvalue weighted by molar-refractivity contribution is 0.0356. The van der Waals surface area contributed by atoms with Crippen molar-refractivity contribution in [2.75, 3.05) is 13.6 Å². The summed E-state index contributed by atoms with van der Waals surface area (Å²) in [6.45, 7) is 17.9. The molecular formula is C18H38N2. The van der Waals surface area contributed by atoms with Crippen LogP contribution in [-0.4, -0.2) is 36.6 Å². The molecule has 3 unspecified atom stereocenters. The van der Waals surface area contributed by atoms with Crippen molar-refractivity contribution in [2.45, 2.75) is 85.9 Å². The van der Waals surface area contributed by atoms with Gasteiger partial charge in [0.15, 0.2) is 0 Å². The van der Waals surface area contributed by atoms with Gasteiger partial charge in [-0.1, -0.05) is 34.6 Å². The van der Waals surface area contributed by atoms with Crippen LogP contribution in [0, 0.1) is 17.3 Å². The molecule has 1 fully saturated rings. The average Bonchev–Trinajstić information content (AvgIpc) is 2.33. The van der Waals surface area contributed by atoms with Crippen molar-refractivity contribution >= 4 is 0 Å². The van der Waals surface area contributed by atoms with E-state index in [0.717, 1.165) is 11.8 Å². The van der Waals surface area contributed by atoms with Gasteiger partial charge in [-0.25, -0.2) is 0 Å². The summed E-state index contributed by atoms with van der Waals surface area (Å²) >= 11 is 0. The summed E-state index contributed by atoms with van der Waals surface area (Å²) in [6.07, 6.45) is 4.05. The summed E-state index contributed by atoms with van der Waals surface area (Å²) in [5, 5.41) is 3.59. The minimum absolute atomic E-state index is 0.442. The fraction of sp³-hybridized carbons (Fsp3) is 1.00. The highest BCUT2D eigenvalue weighted by molar-refractivity contribution is 4.94. The third-order valence-electron chi connectivity index (χ3n) is 5.08. The molecule has 3 atom stereocenters. The van der Waals surface area contributed by atoms with E-state index in [1.54, 1.807) is 0 Å². The molecule has 0 aromatic carbocycles. The number of nitrogens with one attached hydrogen (secondary N) is 1. The molecule has 0 radical (unpaired) electrons. The largest absolute Gasteiger partial charge is 0.315 e. The fourth-order valence-corrected chi connectivity index (χ4v) is 3.79. The number of hydrogen-bond donors (Lipinski definition) is 1. The maximum atomic E-state index is 3.59. The molecule has 1 rings (SSSR count). The molecule has 0 aromatic heterocycles. The second-order valence-corrected chi connectivity index (χ2v) is 8.52. The molecule has 0 heterocycles. The maximum Gasteiger partial charge on any atom is 0.0254 e. The van der Waals surface area contributed by atoms with Gasteiger partial charge in [0.1, 0.15) is 0 Å². The summed E-state index contributed by atoms with van der Waals surface area (Å²) in [6, 6.07) is 1.99. The van der Waals surface area contributed by atoms with Gasteiger partial charge in [0.2, 0.25) is 0 Å². The van der Waals surface area contributed by atoms with Crippen LogP contribution in [0.3, 0.4) is 0 Å². The van der Waals surface area contributed by atoms with Crippen LogP contribution in [0.15, 0.2) is 0 Å². The van der Waals surface area contributed by atoms with E-state index in [4.69, 9.17) is 0 Å². The van der Waals surface area contributed by atoms with Crippen molar-refractivity contribution in [2.24, 2.45) is 17.3 Å². The topological polar surface area (TPSA) is 15.3 Å². The lowest BCUT2D eigenvalue weighted by atomic mass is 9.69. The Labute approximate surface area is 127 Å². The first-order valence-electron chi connectivity index (χ1n) is 8.59. The van der Waals surface area contributed by atoms with Crippen molar-refractivity contribution in [3.63, 3.8) is 0 Å². The van der Waals surface area contributed by atoms with Crippen molar-refractivity contribution in [3.05, 3.63) is 0 Å². The Hall–Kier alpha value is -0.0800. The SMILES string of the molecule is CNC1CCC(C(C)(C)C)CC1N(CC(C)C)C(C)C. The molecule has 1 saturated carbocycles. The van der Waals surface area contributed by atoms with E-state index in [-0.39, 0.29) is 0 Å². The molecule has 0 saturated heterocycles. The van der Waals surface area contributed by atoms with Gasteiger partial charge in [-0.05, 0) is 57.4 Å². The van der Waals surface area contributed by atoms with Crippen molar-refractivity contribution < 1.29 is 0 Å². The van der Waals surface area contributed by atoms with Crippen molar-refractivity contribution in [3.8, 4) is 0 Å². The molecule has 0 aliphatic heterocycles. The summed E-state index contributed by atoms with van der Waals surface area (Å²) in [5.41, 5.74) is 0.442. The van der Waals surface area contributed by atoms with Crippen LogP contribution in [0.25, 0.3) is 0 Å². The van der Waals surface area contributed by atoms with Gasteiger partial charge in [0.05, 0.1) is 0 Å². The second-order valence-electron chi connectivity index (χ2n) is 8.52. The quantitative estimate of drug-likeness (QED) is 0.814. The van der Waals surface area contributed by atoms with E-state index in [9.17, 15) is 0 Å². The van der Waals surface area contributed by atoms with Gasteiger partial charge in [-0.15, -0.1) is 0 Å². The van der Waals surface area contributed by atoms with Crippen LogP contribution in [0.5, 0.6) is 0 Å². The van der Waals surface area contributed by atoms with Crippen LogP contribution >= 0.6 is 0 Å². The summed E-state index contributed by atoms with van der Waals surface area (Å²) in [4.78, 5) is 2.75. The van der Waals surface area contributed by atoms with Crippen molar-refractivity contribution in [1.29, 1.82) is 0 Å². The number of rotatable bonds is 5. The Balaban J connectivity index is 2.88. The van der Waals surface area contributed by atoms with E-state index < -0.39 is 0 Å². The van der Waals surface area contributed by atoms with Crippen LogP contribution in [0.2, 0.25) is 0 Å². The third-order valence-corrected chi connectivity index (χ3v) is 5.08. The lowest BCUT2D eigenvalue weighted by Crippen LogP contribution is -2.56. The van der Waals surface area contributed by atoms with E-state index in [2.05, 4.69) is 65.7 Å². The van der Waals surface area contributed by atoms with Gasteiger partial charge >= 0.3 is 0 Å². The van der Waals surface area contributed by atoms with E-state index in [0.29, 0.717) is 23.5 Å². The second kappa shape index (κ2) is 7.26. The monoisotopic (exact) mass is 282 g/mol. The normalized spacial score (nSPS) is 28.6. The first-order chi connectivity index (χ1) is 9.16. The first-order valence-corrected chi connectivity index (χ1v) is 8.59. The van der Waals surface area contributed by atoms with Gasteiger partial charge in [-0.3, -0.25) is 4.90 Å². The van der Waals surface area contributed by atoms with Gasteiger partial charge in [0.25, 0.3) is 0 Å². The zero-order chi connectivity index (χ0) is 15.5. The first kappa shape index (κ1) is 18.0. The smallest absolute Gasteiger partial charge is 0.0254 e. The van der Waals surface area contributed by atoms with Crippen LogP contribution in [0.1, 0.15) is 67.7 Å². The summed E-state index contributed by atoms with van der Waals surface area (Å²) < 4.78 is 0. The molecule has 0 amide bonds. The molecule has 1 aliphatic rings. The molecule has 20 heavy (non-hydrogen) atoms. The van der Waals surface area contributed by atoms with Crippen LogP contribution in [-0.2, 0) is 0 Å². The number of hydrogen-bond acceptors (Lipinski definition) is 2. The number of nitrogens with zero attached hydrogens (tertiary/aromatic N) is 1. The summed E-state index contributed by atoms with van der Waals surface area (Å²) in [7, 11) is 2.14. The zero-order valence-electron chi connectivity index (χ0n) is 15.2. The van der Waals surface area contributed by atoms with Crippen molar-refractivity contribution in [1.82, 2.24) is 10.2 Å². The Bertz CT molecular complexity index is 278. The Morgan fingerprint density at radius 3 is 2.10 bits per heavy atom. The van der Waals surface area contributed by atoms with Crippen LogP contribution in [0.4, 0.5) is 0 Å². The highest BCUT2D eigenvalue weighted by atomic mass is 15.2. The Kier molecular flexibility index (Phi) is 6.53. The predicted molar refractivity (Wildman–Crippen MR) is 90.1 cm³/mol. The molecule has 1 N–H and O–H groups in total. The molecular weight excluding hydrogens is 244 g/mol. The fourth-order valence-electron chi connectivity index (χ4n) is 3.79. The zero-order valence-corrected chi connectivity index (χ0v) is 15.2. The average molecular weight is 283 g/mol. The molecule has 0 spiro atoms. The minimum Gasteiger partial charge on any atom is -0.315 e. The standard InChI is InChI=1S/C18H38N2/c1-13(2)12-20(14(3)4)17-11-15(18(5,6)7)9-10-16(17)19-8/h13-17,19H,9-12H2,1-8H3. The predicted octanol–water partition coefficient (Wildman–Crippen LogP) is 4.16. The maximum absolute atomic E-state index is 3.59. The molecule has 1 aliphatic carbocycles.